The number of nitrogens with one attached hydrogen (secondary N) is 1. The number of halogens is 1. The summed E-state index contributed by atoms with van der Waals surface area (Å²) < 4.78 is 15.8. The van der Waals surface area contributed by atoms with Crippen molar-refractivity contribution >= 4 is 5.91 Å². The van der Waals surface area contributed by atoms with E-state index in [-0.39, 0.29) is 11.7 Å². The summed E-state index contributed by atoms with van der Waals surface area (Å²) >= 11 is 0. The van der Waals surface area contributed by atoms with Gasteiger partial charge in [-0.3, -0.25) is 4.79 Å². The number of imidazole rings is 1. The summed E-state index contributed by atoms with van der Waals surface area (Å²) in [5.74, 6) is 0.303. The van der Waals surface area contributed by atoms with Crippen LogP contribution < -0.4 is 11.1 Å². The number of rotatable bonds is 6. The molecule has 0 saturated carbocycles. The Bertz CT molecular complexity index is 624. The Labute approximate surface area is 123 Å². The van der Waals surface area contributed by atoms with Gasteiger partial charge in [0.15, 0.2) is 0 Å². The number of amides is 1. The molecule has 0 aliphatic carbocycles. The van der Waals surface area contributed by atoms with Crippen molar-refractivity contribution in [2.75, 3.05) is 6.54 Å². The first-order valence-electron chi connectivity index (χ1n) is 6.87. The third-order valence-corrected chi connectivity index (χ3v) is 3.20. The Morgan fingerprint density at radius 2 is 2.29 bits per heavy atom. The molecule has 21 heavy (non-hydrogen) atoms. The zero-order valence-electron chi connectivity index (χ0n) is 12.0. The maximum absolute atomic E-state index is 14.1. The molecule has 6 heteroatoms. The highest BCUT2D eigenvalue weighted by atomic mass is 19.1. The van der Waals surface area contributed by atoms with Crippen LogP contribution in [0.1, 0.15) is 24.2 Å². The van der Waals surface area contributed by atoms with Crippen molar-refractivity contribution in [2.45, 2.75) is 26.3 Å². The van der Waals surface area contributed by atoms with Gasteiger partial charge in [-0.25, -0.2) is 9.37 Å². The van der Waals surface area contributed by atoms with E-state index in [1.54, 1.807) is 29.1 Å². The van der Waals surface area contributed by atoms with Crippen molar-refractivity contribution in [3.63, 3.8) is 0 Å². The number of nitrogens with zero attached hydrogens (tertiary/aromatic N) is 2. The highest BCUT2D eigenvalue weighted by Crippen LogP contribution is 2.16. The van der Waals surface area contributed by atoms with E-state index in [4.69, 9.17) is 5.73 Å². The zero-order valence-corrected chi connectivity index (χ0v) is 12.0. The minimum absolute atomic E-state index is 0.0737. The molecular weight excluding hydrogens is 271 g/mol. The van der Waals surface area contributed by atoms with Crippen LogP contribution in [-0.2, 0) is 11.3 Å². The van der Waals surface area contributed by atoms with Crippen LogP contribution in [0.25, 0.3) is 5.69 Å². The number of carbonyl (C=O) groups excluding carboxylic acids is 1. The highest BCUT2D eigenvalue weighted by molar-refractivity contribution is 5.75. The number of aryl methyl sites for hydroxylation is 1. The smallest absolute Gasteiger partial charge is 0.220 e. The Balaban J connectivity index is 2.03. The molecule has 5 nitrogen and oxygen atoms in total. The molecule has 0 unspecified atom stereocenters. The molecule has 1 aromatic carbocycles. The lowest BCUT2D eigenvalue weighted by atomic mass is 10.2. The fraction of sp³-hybridized carbons (Fsp3) is 0.333. The fourth-order valence-electron chi connectivity index (χ4n) is 2.04. The van der Waals surface area contributed by atoms with Gasteiger partial charge in [0, 0.05) is 25.4 Å². The van der Waals surface area contributed by atoms with E-state index in [9.17, 15) is 9.18 Å². The quantitative estimate of drug-likeness (QED) is 0.850. The fourth-order valence-corrected chi connectivity index (χ4v) is 2.04. The average molecular weight is 290 g/mol. The van der Waals surface area contributed by atoms with Gasteiger partial charge in [0.25, 0.3) is 0 Å². The van der Waals surface area contributed by atoms with Crippen molar-refractivity contribution in [3.8, 4) is 5.69 Å². The number of aromatic nitrogens is 2. The molecule has 0 bridgehead atoms. The molecule has 0 radical (unpaired) electrons. The van der Waals surface area contributed by atoms with E-state index in [1.165, 1.54) is 6.07 Å². The molecule has 2 rings (SSSR count). The Morgan fingerprint density at radius 3 is 2.90 bits per heavy atom. The summed E-state index contributed by atoms with van der Waals surface area (Å²) in [6, 6.07) is 4.91. The summed E-state index contributed by atoms with van der Waals surface area (Å²) in [7, 11) is 0. The number of nitrogens with two attached hydrogens (primary N) is 1. The van der Waals surface area contributed by atoms with Crippen molar-refractivity contribution in [3.05, 3.63) is 47.8 Å². The molecule has 2 aromatic rings. The van der Waals surface area contributed by atoms with Gasteiger partial charge >= 0.3 is 0 Å². The second-order valence-electron chi connectivity index (χ2n) is 4.80. The first-order chi connectivity index (χ1) is 10.1. The molecule has 0 fully saturated rings. The van der Waals surface area contributed by atoms with Gasteiger partial charge in [-0.1, -0.05) is 6.07 Å². The second kappa shape index (κ2) is 6.99. The van der Waals surface area contributed by atoms with Crippen molar-refractivity contribution < 1.29 is 9.18 Å². The van der Waals surface area contributed by atoms with Gasteiger partial charge in [0.2, 0.25) is 5.91 Å². The Hall–Kier alpha value is -2.21. The SMILES string of the molecule is Cc1nccn1-c1ccc(CNC(=O)CCCN)cc1F. The van der Waals surface area contributed by atoms with Gasteiger partial charge in [-0.2, -0.15) is 0 Å². The Kier molecular flexibility index (Phi) is 5.05. The molecule has 0 aliphatic heterocycles. The van der Waals surface area contributed by atoms with Gasteiger partial charge in [-0.05, 0) is 37.6 Å². The normalized spacial score (nSPS) is 10.6. The van der Waals surface area contributed by atoms with E-state index in [1.807, 2.05) is 6.92 Å². The predicted octanol–water partition coefficient (Wildman–Crippen LogP) is 1.67. The molecule has 0 saturated heterocycles. The van der Waals surface area contributed by atoms with E-state index >= 15 is 0 Å². The monoisotopic (exact) mass is 290 g/mol. The lowest BCUT2D eigenvalue weighted by molar-refractivity contribution is -0.121. The topological polar surface area (TPSA) is 72.9 Å². The average Bonchev–Trinajstić information content (AvgIpc) is 2.89. The summed E-state index contributed by atoms with van der Waals surface area (Å²) in [4.78, 5) is 15.6. The maximum Gasteiger partial charge on any atom is 0.220 e. The lowest BCUT2D eigenvalue weighted by Gasteiger charge is -2.09. The molecule has 0 aliphatic rings. The lowest BCUT2D eigenvalue weighted by Crippen LogP contribution is -2.23. The van der Waals surface area contributed by atoms with Crippen LogP contribution in [-0.4, -0.2) is 22.0 Å². The van der Waals surface area contributed by atoms with Gasteiger partial charge in [-0.15, -0.1) is 0 Å². The molecule has 0 spiro atoms. The summed E-state index contributed by atoms with van der Waals surface area (Å²) in [6.07, 6.45) is 4.38. The van der Waals surface area contributed by atoms with Gasteiger partial charge in [0.05, 0.1) is 5.69 Å². The van der Waals surface area contributed by atoms with Crippen LogP contribution in [0, 0.1) is 12.7 Å². The zero-order chi connectivity index (χ0) is 15.2. The molecule has 112 valence electrons. The molecule has 1 aromatic heterocycles. The van der Waals surface area contributed by atoms with E-state index in [0.29, 0.717) is 31.6 Å². The van der Waals surface area contributed by atoms with Crippen molar-refractivity contribution in [1.29, 1.82) is 0 Å². The molecule has 1 heterocycles. The minimum atomic E-state index is -0.343. The van der Waals surface area contributed by atoms with Crippen LogP contribution in [0.3, 0.4) is 0 Å². The molecule has 0 atom stereocenters. The number of hydrogen-bond donors (Lipinski definition) is 2. The van der Waals surface area contributed by atoms with Crippen LogP contribution >= 0.6 is 0 Å². The predicted molar refractivity (Wildman–Crippen MR) is 78.4 cm³/mol. The number of benzene rings is 1. The van der Waals surface area contributed by atoms with Crippen LogP contribution in [0.15, 0.2) is 30.6 Å². The van der Waals surface area contributed by atoms with Crippen molar-refractivity contribution in [2.24, 2.45) is 5.73 Å². The van der Waals surface area contributed by atoms with Crippen LogP contribution in [0.4, 0.5) is 4.39 Å². The molecular formula is C15H19FN4O. The van der Waals surface area contributed by atoms with Crippen LogP contribution in [0.5, 0.6) is 0 Å². The van der Waals surface area contributed by atoms with E-state index in [2.05, 4.69) is 10.3 Å². The van der Waals surface area contributed by atoms with Gasteiger partial charge in [0.1, 0.15) is 11.6 Å². The van der Waals surface area contributed by atoms with Crippen LogP contribution in [0.2, 0.25) is 0 Å². The Morgan fingerprint density at radius 1 is 1.48 bits per heavy atom. The summed E-state index contributed by atoms with van der Waals surface area (Å²) in [5.41, 5.74) is 6.51. The maximum atomic E-state index is 14.1. The minimum Gasteiger partial charge on any atom is -0.352 e. The third-order valence-electron chi connectivity index (χ3n) is 3.20. The first kappa shape index (κ1) is 15.2. The largest absolute Gasteiger partial charge is 0.352 e. The second-order valence-corrected chi connectivity index (χ2v) is 4.80. The van der Waals surface area contributed by atoms with Gasteiger partial charge < -0.3 is 15.6 Å². The summed E-state index contributed by atoms with van der Waals surface area (Å²) in [6.45, 7) is 2.61. The number of hydrogen-bond acceptors (Lipinski definition) is 3. The highest BCUT2D eigenvalue weighted by Gasteiger charge is 2.08. The third kappa shape index (κ3) is 3.88. The van der Waals surface area contributed by atoms with E-state index < -0.39 is 0 Å². The molecule has 3 N–H and O–H groups in total. The standard InChI is InChI=1S/C15H19FN4O/c1-11-18-7-8-20(11)14-5-4-12(9-13(14)16)10-19-15(21)3-2-6-17/h4-5,7-9H,2-3,6,10,17H2,1H3,(H,19,21). The van der Waals surface area contributed by atoms with E-state index in [0.717, 1.165) is 11.4 Å². The van der Waals surface area contributed by atoms with Crippen molar-refractivity contribution in [1.82, 2.24) is 14.9 Å². The number of carbonyl (C=O) groups is 1. The first-order valence-corrected chi connectivity index (χ1v) is 6.87. The summed E-state index contributed by atoms with van der Waals surface area (Å²) in [5, 5.41) is 2.75. The molecule has 1 amide bonds.